The molecule has 2 atom stereocenters. The number of rotatable bonds is 4. The molecular weight excluding hydrogens is 270 g/mol. The Labute approximate surface area is 107 Å². The van der Waals surface area contributed by atoms with Crippen LogP contribution in [-0.2, 0) is 4.74 Å². The number of carbonyl (C=O) groups is 1. The Kier molecular flexibility index (Phi) is 5.04. The molecule has 0 aliphatic carbocycles. The number of halogens is 1. The minimum absolute atomic E-state index is 0.00675. The first-order valence-electron chi connectivity index (χ1n) is 4.55. The maximum atomic E-state index is 11.3. The predicted octanol–water partition coefficient (Wildman–Crippen LogP) is 2.44. The van der Waals surface area contributed by atoms with E-state index in [1.807, 2.05) is 6.92 Å². The van der Waals surface area contributed by atoms with Crippen LogP contribution >= 0.6 is 34.7 Å². The summed E-state index contributed by atoms with van der Waals surface area (Å²) < 4.78 is 5.22. The van der Waals surface area contributed by atoms with E-state index in [9.17, 15) is 9.90 Å². The molecule has 90 valence electrons. The van der Waals surface area contributed by atoms with Crippen LogP contribution in [0.1, 0.15) is 23.5 Å². The van der Waals surface area contributed by atoms with Gasteiger partial charge in [-0.2, -0.15) is 0 Å². The third-order valence-corrected chi connectivity index (χ3v) is 4.72. The lowest BCUT2D eigenvalue weighted by molar-refractivity contribution is 0.0606. The van der Waals surface area contributed by atoms with Crippen molar-refractivity contribution >= 4 is 40.7 Å². The number of esters is 1. The van der Waals surface area contributed by atoms with Crippen LogP contribution in [0, 0.1) is 0 Å². The van der Waals surface area contributed by atoms with E-state index in [0.717, 1.165) is 0 Å². The zero-order valence-corrected chi connectivity index (χ0v) is 11.4. The molecule has 2 unspecified atom stereocenters. The quantitative estimate of drug-likeness (QED) is 0.678. The van der Waals surface area contributed by atoms with Gasteiger partial charge in [-0.15, -0.1) is 0 Å². The smallest absolute Gasteiger partial charge is 0.351 e. The van der Waals surface area contributed by atoms with E-state index < -0.39 is 12.1 Å². The van der Waals surface area contributed by atoms with Crippen molar-refractivity contribution in [1.29, 1.82) is 0 Å². The Morgan fingerprint density at radius 3 is 2.75 bits per heavy atom. The minimum atomic E-state index is -0.487. The molecular formula is C9H12ClNO3S2. The molecule has 1 rings (SSSR count). The monoisotopic (exact) mass is 281 g/mol. The van der Waals surface area contributed by atoms with Gasteiger partial charge in [0.05, 0.1) is 13.2 Å². The molecule has 1 aromatic rings. The first-order chi connectivity index (χ1) is 7.45. The van der Waals surface area contributed by atoms with Gasteiger partial charge in [-0.1, -0.05) is 41.6 Å². The molecule has 0 radical (unpaired) electrons. The van der Waals surface area contributed by atoms with Gasteiger partial charge in [0, 0.05) is 5.25 Å². The summed E-state index contributed by atoms with van der Waals surface area (Å²) in [4.78, 5) is 15.6. The zero-order chi connectivity index (χ0) is 12.3. The van der Waals surface area contributed by atoms with E-state index >= 15 is 0 Å². The highest BCUT2D eigenvalue weighted by Crippen LogP contribution is 2.33. The lowest BCUT2D eigenvalue weighted by atomic mass is 10.3. The summed E-state index contributed by atoms with van der Waals surface area (Å²) in [7, 11) is 1.30. The number of thiazole rings is 1. The molecule has 4 nitrogen and oxygen atoms in total. The van der Waals surface area contributed by atoms with Gasteiger partial charge in [0.2, 0.25) is 0 Å². The third-order valence-electron chi connectivity index (χ3n) is 1.90. The Morgan fingerprint density at radius 1 is 1.62 bits per heavy atom. The molecule has 1 aromatic heterocycles. The van der Waals surface area contributed by atoms with Gasteiger partial charge in [0.25, 0.3) is 0 Å². The molecule has 0 aromatic carbocycles. The average molecular weight is 282 g/mol. The minimum Gasteiger partial charge on any atom is -0.465 e. The molecule has 16 heavy (non-hydrogen) atoms. The topological polar surface area (TPSA) is 59.4 Å². The fraction of sp³-hybridized carbons (Fsp3) is 0.556. The molecule has 7 heteroatoms. The van der Waals surface area contributed by atoms with Crippen LogP contribution in [-0.4, -0.2) is 34.5 Å². The van der Waals surface area contributed by atoms with Crippen LogP contribution in [0.4, 0.5) is 0 Å². The van der Waals surface area contributed by atoms with Gasteiger partial charge in [-0.25, -0.2) is 9.78 Å². The third kappa shape index (κ3) is 3.35. The highest BCUT2D eigenvalue weighted by atomic mass is 35.5. The second kappa shape index (κ2) is 5.86. The Morgan fingerprint density at radius 2 is 2.25 bits per heavy atom. The van der Waals surface area contributed by atoms with Gasteiger partial charge in [0.15, 0.2) is 14.4 Å². The molecule has 0 amide bonds. The average Bonchev–Trinajstić information content (AvgIpc) is 2.58. The van der Waals surface area contributed by atoms with E-state index in [1.165, 1.54) is 30.2 Å². The number of aliphatic hydroxyl groups excluding tert-OH is 1. The number of thioether (sulfide) groups is 1. The van der Waals surface area contributed by atoms with Gasteiger partial charge < -0.3 is 9.84 Å². The largest absolute Gasteiger partial charge is 0.465 e. The van der Waals surface area contributed by atoms with Crippen molar-refractivity contribution in [2.24, 2.45) is 0 Å². The van der Waals surface area contributed by atoms with Crippen molar-refractivity contribution in [3.8, 4) is 0 Å². The maximum absolute atomic E-state index is 11.3. The number of carbonyl (C=O) groups excluding carboxylic acids is 1. The summed E-state index contributed by atoms with van der Waals surface area (Å²) in [5.41, 5.74) is 0. The summed E-state index contributed by atoms with van der Waals surface area (Å²) in [6.07, 6.45) is -0.450. The number of hydrogen-bond acceptors (Lipinski definition) is 6. The predicted molar refractivity (Wildman–Crippen MR) is 65.5 cm³/mol. The molecule has 1 N–H and O–H groups in total. The summed E-state index contributed by atoms with van der Waals surface area (Å²) in [5.74, 6) is -0.487. The van der Waals surface area contributed by atoms with E-state index in [-0.39, 0.29) is 10.4 Å². The SMILES string of the molecule is COC(=O)c1sc(SC(C)C(C)O)nc1Cl. The second-order valence-electron chi connectivity index (χ2n) is 3.15. The summed E-state index contributed by atoms with van der Waals surface area (Å²) in [5, 5.41) is 9.49. The van der Waals surface area contributed by atoms with Crippen LogP contribution in [0.15, 0.2) is 4.34 Å². The lowest BCUT2D eigenvalue weighted by Crippen LogP contribution is -2.14. The summed E-state index contributed by atoms with van der Waals surface area (Å²) in [6, 6.07) is 0. The van der Waals surface area contributed by atoms with Crippen molar-refractivity contribution in [2.45, 2.75) is 29.5 Å². The van der Waals surface area contributed by atoms with Crippen molar-refractivity contribution < 1.29 is 14.6 Å². The van der Waals surface area contributed by atoms with E-state index in [2.05, 4.69) is 9.72 Å². The number of aliphatic hydroxyl groups is 1. The number of ether oxygens (including phenoxy) is 1. The maximum Gasteiger partial charge on any atom is 0.351 e. The van der Waals surface area contributed by atoms with Crippen LogP contribution in [0.2, 0.25) is 5.15 Å². The van der Waals surface area contributed by atoms with Gasteiger partial charge in [-0.05, 0) is 6.92 Å². The van der Waals surface area contributed by atoms with Crippen molar-refractivity contribution in [2.75, 3.05) is 7.11 Å². The number of nitrogens with zero attached hydrogens (tertiary/aromatic N) is 1. The molecule has 1 heterocycles. The number of methoxy groups -OCH3 is 1. The highest BCUT2D eigenvalue weighted by molar-refractivity contribution is 8.01. The first-order valence-corrected chi connectivity index (χ1v) is 6.62. The molecule has 0 aliphatic heterocycles. The van der Waals surface area contributed by atoms with Gasteiger partial charge in [-0.3, -0.25) is 0 Å². The van der Waals surface area contributed by atoms with Crippen LogP contribution in [0.3, 0.4) is 0 Å². The van der Waals surface area contributed by atoms with Crippen molar-refractivity contribution in [3.63, 3.8) is 0 Å². The molecule has 0 spiro atoms. The molecule has 0 saturated carbocycles. The molecule has 0 fully saturated rings. The fourth-order valence-corrected chi connectivity index (χ4v) is 3.35. The van der Waals surface area contributed by atoms with Crippen LogP contribution in [0.25, 0.3) is 0 Å². The van der Waals surface area contributed by atoms with E-state index in [1.54, 1.807) is 6.92 Å². The highest BCUT2D eigenvalue weighted by Gasteiger charge is 2.20. The zero-order valence-electron chi connectivity index (χ0n) is 9.06. The standard InChI is InChI=1S/C9H12ClNO3S2/c1-4(12)5(2)15-9-11-7(10)6(16-9)8(13)14-3/h4-5,12H,1-3H3. The molecule has 0 bridgehead atoms. The Hall–Kier alpha value is -0.300. The summed E-state index contributed by atoms with van der Waals surface area (Å²) in [6.45, 7) is 3.58. The fourth-order valence-electron chi connectivity index (χ4n) is 0.810. The van der Waals surface area contributed by atoms with Crippen LogP contribution < -0.4 is 0 Å². The Bertz CT molecular complexity index is 381. The van der Waals surface area contributed by atoms with E-state index in [0.29, 0.717) is 9.22 Å². The van der Waals surface area contributed by atoms with E-state index in [4.69, 9.17) is 11.6 Å². The van der Waals surface area contributed by atoms with Crippen molar-refractivity contribution in [1.82, 2.24) is 4.98 Å². The van der Waals surface area contributed by atoms with Gasteiger partial charge in [0.1, 0.15) is 0 Å². The number of hydrogen-bond donors (Lipinski definition) is 1. The molecule has 0 aliphatic rings. The number of aromatic nitrogens is 1. The lowest BCUT2D eigenvalue weighted by Gasteiger charge is -2.11. The normalized spacial score (nSPS) is 14.6. The first kappa shape index (κ1) is 13.8. The second-order valence-corrected chi connectivity index (χ2v) is 6.14. The van der Waals surface area contributed by atoms with Crippen molar-refractivity contribution in [3.05, 3.63) is 10.0 Å². The Balaban J connectivity index is 2.81. The summed E-state index contributed by atoms with van der Waals surface area (Å²) >= 11 is 8.36. The van der Waals surface area contributed by atoms with Gasteiger partial charge >= 0.3 is 5.97 Å². The van der Waals surface area contributed by atoms with Crippen LogP contribution in [0.5, 0.6) is 0 Å². The molecule has 0 saturated heterocycles.